The number of hydrogen-bond acceptors (Lipinski definition) is 4. The number of benzene rings is 3. The van der Waals surface area contributed by atoms with Crippen LogP contribution in [0, 0.1) is 5.82 Å². The summed E-state index contributed by atoms with van der Waals surface area (Å²) in [5.74, 6) is 1.22. The Hall–Kier alpha value is -3.38. The molecule has 0 N–H and O–H groups in total. The summed E-state index contributed by atoms with van der Waals surface area (Å²) in [5.41, 5.74) is 5.25. The van der Waals surface area contributed by atoms with Gasteiger partial charge in [0.1, 0.15) is 5.82 Å². The molecule has 5 nitrogen and oxygen atoms in total. The average Bonchev–Trinajstić information content (AvgIpc) is 2.88. The van der Waals surface area contributed by atoms with Gasteiger partial charge in [-0.2, -0.15) is 0 Å². The summed E-state index contributed by atoms with van der Waals surface area (Å²) in [7, 11) is 3.26. The molecule has 0 radical (unpaired) electrons. The van der Waals surface area contributed by atoms with Crippen LogP contribution in [-0.2, 0) is 37.3 Å². The van der Waals surface area contributed by atoms with Crippen LogP contribution in [0.5, 0.6) is 11.5 Å². The van der Waals surface area contributed by atoms with E-state index >= 15 is 0 Å². The van der Waals surface area contributed by atoms with E-state index in [2.05, 4.69) is 24.0 Å². The number of halogens is 1. The van der Waals surface area contributed by atoms with E-state index in [9.17, 15) is 9.18 Å². The third-order valence-electron chi connectivity index (χ3n) is 7.34. The molecule has 0 aliphatic carbocycles. The lowest BCUT2D eigenvalue weighted by molar-refractivity contribution is -0.141. The maximum atomic E-state index is 14.5. The Kier molecular flexibility index (Phi) is 6.48. The summed E-state index contributed by atoms with van der Waals surface area (Å²) in [5, 5.41) is 0. The van der Waals surface area contributed by atoms with E-state index in [1.165, 1.54) is 22.8 Å². The molecule has 2 aliphatic heterocycles. The number of fused-ring (bicyclic) bond motifs is 2. The molecule has 2 unspecified atom stereocenters. The Morgan fingerprint density at radius 3 is 2.26 bits per heavy atom. The third-order valence-corrected chi connectivity index (χ3v) is 7.34. The van der Waals surface area contributed by atoms with Gasteiger partial charge in [0.25, 0.3) is 0 Å². The standard InChI is InChI=1S/C29H31FN2O3/c1-19-12-23-14-27(34-2)28(35-3)15-24(23)18-32(19)29(33)26-13-20-8-4-5-9-21(20)16-31(26)17-22-10-6-7-11-25(22)30/h4-11,14-15,19,26H,12-13,16-18H2,1-3H3. The lowest BCUT2D eigenvalue weighted by Crippen LogP contribution is -2.54. The number of amides is 1. The molecular formula is C29H31FN2O3. The highest BCUT2D eigenvalue weighted by Crippen LogP contribution is 2.36. The fourth-order valence-electron chi connectivity index (χ4n) is 5.39. The Morgan fingerprint density at radius 2 is 1.54 bits per heavy atom. The number of carbonyl (C=O) groups excluding carboxylic acids is 1. The number of ether oxygens (including phenoxy) is 2. The number of rotatable bonds is 5. The van der Waals surface area contributed by atoms with Crippen molar-refractivity contribution in [1.82, 2.24) is 9.80 Å². The maximum absolute atomic E-state index is 14.5. The number of methoxy groups -OCH3 is 2. The molecule has 2 heterocycles. The normalized spacial score (nSPS) is 19.6. The van der Waals surface area contributed by atoms with Gasteiger partial charge in [-0.1, -0.05) is 42.5 Å². The van der Waals surface area contributed by atoms with E-state index in [0.717, 1.165) is 12.0 Å². The molecule has 5 rings (SSSR count). The summed E-state index contributed by atoms with van der Waals surface area (Å²) in [6.45, 7) is 3.61. The van der Waals surface area contributed by atoms with Crippen LogP contribution in [-0.4, -0.2) is 42.0 Å². The first-order chi connectivity index (χ1) is 17.0. The number of carbonyl (C=O) groups is 1. The first-order valence-corrected chi connectivity index (χ1v) is 12.1. The Labute approximate surface area is 206 Å². The molecule has 1 amide bonds. The maximum Gasteiger partial charge on any atom is 0.240 e. The van der Waals surface area contributed by atoms with E-state index in [-0.39, 0.29) is 23.8 Å². The quantitative estimate of drug-likeness (QED) is 0.536. The van der Waals surface area contributed by atoms with Crippen LogP contribution in [0.3, 0.4) is 0 Å². The van der Waals surface area contributed by atoms with Crippen LogP contribution in [0.25, 0.3) is 0 Å². The van der Waals surface area contributed by atoms with Crippen molar-refractivity contribution in [2.24, 2.45) is 0 Å². The topological polar surface area (TPSA) is 42.0 Å². The second-order valence-corrected chi connectivity index (χ2v) is 9.48. The lowest BCUT2D eigenvalue weighted by Gasteiger charge is -2.42. The minimum atomic E-state index is -0.353. The highest BCUT2D eigenvalue weighted by Gasteiger charge is 2.38. The van der Waals surface area contributed by atoms with Crippen molar-refractivity contribution in [3.63, 3.8) is 0 Å². The van der Waals surface area contributed by atoms with Crippen LogP contribution in [0.2, 0.25) is 0 Å². The Bertz CT molecular complexity index is 1240. The molecule has 35 heavy (non-hydrogen) atoms. The van der Waals surface area contributed by atoms with Crippen LogP contribution in [0.4, 0.5) is 4.39 Å². The highest BCUT2D eigenvalue weighted by molar-refractivity contribution is 5.83. The molecule has 0 spiro atoms. The van der Waals surface area contributed by atoms with E-state index < -0.39 is 0 Å². The van der Waals surface area contributed by atoms with E-state index in [1.807, 2.05) is 35.2 Å². The largest absolute Gasteiger partial charge is 0.493 e. The first kappa shape index (κ1) is 23.4. The van der Waals surface area contributed by atoms with Crippen molar-refractivity contribution in [2.45, 2.75) is 51.5 Å². The zero-order chi connectivity index (χ0) is 24.5. The van der Waals surface area contributed by atoms with Crippen molar-refractivity contribution < 1.29 is 18.7 Å². The molecule has 0 saturated carbocycles. The van der Waals surface area contributed by atoms with Gasteiger partial charge in [0, 0.05) is 31.2 Å². The van der Waals surface area contributed by atoms with E-state index in [0.29, 0.717) is 43.1 Å². The van der Waals surface area contributed by atoms with Gasteiger partial charge in [-0.25, -0.2) is 4.39 Å². The number of hydrogen-bond donors (Lipinski definition) is 0. The SMILES string of the molecule is COc1cc2c(cc1OC)CN(C(=O)C1Cc3ccccc3CN1Cc1ccccc1F)C(C)C2. The predicted molar refractivity (Wildman–Crippen MR) is 133 cm³/mol. The van der Waals surface area contributed by atoms with E-state index in [1.54, 1.807) is 26.4 Å². The van der Waals surface area contributed by atoms with Crippen LogP contribution >= 0.6 is 0 Å². The third kappa shape index (κ3) is 4.50. The van der Waals surface area contributed by atoms with Gasteiger partial charge in [0.2, 0.25) is 5.91 Å². The zero-order valence-electron chi connectivity index (χ0n) is 20.5. The molecule has 3 aromatic carbocycles. The molecule has 182 valence electrons. The van der Waals surface area contributed by atoms with E-state index in [4.69, 9.17) is 9.47 Å². The van der Waals surface area contributed by atoms with Crippen LogP contribution in [0.15, 0.2) is 60.7 Å². The van der Waals surface area contributed by atoms with Gasteiger partial charge in [-0.05, 0) is 60.2 Å². The van der Waals surface area contributed by atoms with Crippen molar-refractivity contribution in [3.05, 3.63) is 94.3 Å². The lowest BCUT2D eigenvalue weighted by atomic mass is 9.90. The minimum Gasteiger partial charge on any atom is -0.493 e. The summed E-state index contributed by atoms with van der Waals surface area (Å²) in [4.78, 5) is 18.2. The first-order valence-electron chi connectivity index (χ1n) is 12.1. The van der Waals surface area contributed by atoms with Gasteiger partial charge < -0.3 is 14.4 Å². The van der Waals surface area contributed by atoms with Gasteiger partial charge in [0.15, 0.2) is 11.5 Å². The predicted octanol–water partition coefficient (Wildman–Crippen LogP) is 4.74. The van der Waals surface area contributed by atoms with Crippen molar-refractivity contribution in [1.29, 1.82) is 0 Å². The molecular weight excluding hydrogens is 443 g/mol. The molecule has 6 heteroatoms. The van der Waals surface area contributed by atoms with Gasteiger partial charge in [-0.3, -0.25) is 9.69 Å². The fraction of sp³-hybridized carbons (Fsp3) is 0.345. The minimum absolute atomic E-state index is 0.0422. The van der Waals surface area contributed by atoms with Gasteiger partial charge in [-0.15, -0.1) is 0 Å². The molecule has 0 saturated heterocycles. The second kappa shape index (κ2) is 9.70. The molecule has 0 aromatic heterocycles. The number of nitrogens with zero attached hydrogens (tertiary/aromatic N) is 2. The summed E-state index contributed by atoms with van der Waals surface area (Å²) >= 11 is 0. The Balaban J connectivity index is 1.45. The van der Waals surface area contributed by atoms with Crippen LogP contribution in [0.1, 0.15) is 34.7 Å². The molecule has 0 fully saturated rings. The monoisotopic (exact) mass is 474 g/mol. The highest BCUT2D eigenvalue weighted by atomic mass is 19.1. The van der Waals surface area contributed by atoms with Crippen molar-refractivity contribution in [2.75, 3.05) is 14.2 Å². The summed E-state index contributed by atoms with van der Waals surface area (Å²) < 4.78 is 25.5. The summed E-state index contributed by atoms with van der Waals surface area (Å²) in [6.07, 6.45) is 1.36. The smallest absolute Gasteiger partial charge is 0.240 e. The van der Waals surface area contributed by atoms with Gasteiger partial charge in [0.05, 0.1) is 20.3 Å². The molecule has 2 atom stereocenters. The molecule has 3 aromatic rings. The molecule has 2 aliphatic rings. The van der Waals surface area contributed by atoms with Gasteiger partial charge >= 0.3 is 0 Å². The summed E-state index contributed by atoms with van der Waals surface area (Å²) in [6, 6.07) is 18.8. The zero-order valence-corrected chi connectivity index (χ0v) is 20.5. The Morgan fingerprint density at radius 1 is 0.886 bits per heavy atom. The van der Waals surface area contributed by atoms with Crippen LogP contribution < -0.4 is 9.47 Å². The average molecular weight is 475 g/mol. The fourth-order valence-corrected chi connectivity index (χ4v) is 5.39. The second-order valence-electron chi connectivity index (χ2n) is 9.48. The van der Waals surface area contributed by atoms with Crippen molar-refractivity contribution >= 4 is 5.91 Å². The molecule has 0 bridgehead atoms. The van der Waals surface area contributed by atoms with Crippen molar-refractivity contribution in [3.8, 4) is 11.5 Å².